The number of carbonyl (C=O) groups is 1. The van der Waals surface area contributed by atoms with Crippen molar-refractivity contribution in [2.24, 2.45) is 0 Å². The maximum atomic E-state index is 12.2. The number of rotatable bonds is 9. The van der Waals surface area contributed by atoms with Crippen LogP contribution in [0.25, 0.3) is 0 Å². The monoisotopic (exact) mass is 366 g/mol. The van der Waals surface area contributed by atoms with Gasteiger partial charge in [-0.25, -0.2) is 0 Å². The van der Waals surface area contributed by atoms with Gasteiger partial charge in [0.25, 0.3) is 5.91 Å². The van der Waals surface area contributed by atoms with Crippen molar-refractivity contribution in [2.45, 2.75) is 38.6 Å². The molecule has 0 atom stereocenters. The number of hydrogen-bond acceptors (Lipinski definition) is 3. The topological polar surface area (TPSA) is 41.6 Å². The van der Waals surface area contributed by atoms with Gasteiger partial charge in [0.15, 0.2) is 0 Å². The molecule has 2 aromatic rings. The number of likely N-dealkylation sites (tertiary alicyclic amines) is 1. The lowest BCUT2D eigenvalue weighted by molar-refractivity contribution is 0.0952. The van der Waals surface area contributed by atoms with E-state index in [2.05, 4.69) is 22.3 Å². The van der Waals surface area contributed by atoms with E-state index in [9.17, 15) is 4.79 Å². The van der Waals surface area contributed by atoms with E-state index in [-0.39, 0.29) is 5.91 Å². The van der Waals surface area contributed by atoms with Gasteiger partial charge in [-0.3, -0.25) is 9.69 Å². The van der Waals surface area contributed by atoms with Crippen molar-refractivity contribution in [3.8, 4) is 5.75 Å². The van der Waals surface area contributed by atoms with Crippen LogP contribution in [0.3, 0.4) is 0 Å². The maximum Gasteiger partial charge on any atom is 0.251 e. The molecule has 0 radical (unpaired) electrons. The molecule has 1 heterocycles. The minimum atomic E-state index is 0.00324. The third-order valence-electron chi connectivity index (χ3n) is 4.94. The molecule has 144 valence electrons. The van der Waals surface area contributed by atoms with Gasteiger partial charge < -0.3 is 10.1 Å². The van der Waals surface area contributed by atoms with Crippen molar-refractivity contribution in [1.82, 2.24) is 10.2 Å². The highest BCUT2D eigenvalue weighted by molar-refractivity contribution is 5.94. The zero-order valence-electron chi connectivity index (χ0n) is 16.0. The van der Waals surface area contributed by atoms with Gasteiger partial charge in [-0.2, -0.15) is 0 Å². The van der Waals surface area contributed by atoms with Crippen LogP contribution >= 0.6 is 0 Å². The van der Waals surface area contributed by atoms with E-state index < -0.39 is 0 Å². The van der Waals surface area contributed by atoms with E-state index in [1.54, 1.807) is 0 Å². The van der Waals surface area contributed by atoms with Gasteiger partial charge in [0, 0.05) is 18.7 Å². The van der Waals surface area contributed by atoms with Crippen LogP contribution in [0.5, 0.6) is 5.75 Å². The number of amides is 1. The van der Waals surface area contributed by atoms with Crippen molar-refractivity contribution in [2.75, 3.05) is 26.2 Å². The molecule has 0 saturated carbocycles. The van der Waals surface area contributed by atoms with Crippen LogP contribution in [0.1, 0.15) is 48.0 Å². The second kappa shape index (κ2) is 10.7. The number of nitrogens with one attached hydrogen (secondary N) is 1. The average Bonchev–Trinajstić information content (AvgIpc) is 2.72. The largest absolute Gasteiger partial charge is 0.494 e. The van der Waals surface area contributed by atoms with Gasteiger partial charge >= 0.3 is 0 Å². The van der Waals surface area contributed by atoms with E-state index in [1.807, 2.05) is 42.5 Å². The Morgan fingerprint density at radius 3 is 2.41 bits per heavy atom. The van der Waals surface area contributed by atoms with Gasteiger partial charge in [-0.05, 0) is 68.6 Å². The summed E-state index contributed by atoms with van der Waals surface area (Å²) < 4.78 is 5.66. The van der Waals surface area contributed by atoms with Crippen LogP contribution < -0.4 is 10.1 Å². The second-order valence-electron chi connectivity index (χ2n) is 7.16. The molecule has 4 nitrogen and oxygen atoms in total. The molecule has 0 spiro atoms. The first-order valence-corrected chi connectivity index (χ1v) is 10.1. The normalized spacial score (nSPS) is 14.7. The molecule has 2 aromatic carbocycles. The lowest BCUT2D eigenvalue weighted by atomic mass is 10.1. The van der Waals surface area contributed by atoms with Crippen molar-refractivity contribution >= 4 is 5.91 Å². The molecule has 0 unspecified atom stereocenters. The summed E-state index contributed by atoms with van der Waals surface area (Å²) in [6.07, 6.45) is 5.79. The van der Waals surface area contributed by atoms with Crippen LogP contribution in [0.2, 0.25) is 0 Å². The fourth-order valence-electron chi connectivity index (χ4n) is 3.38. The predicted octanol–water partition coefficient (Wildman–Crippen LogP) is 4.26. The molecule has 1 fully saturated rings. The van der Waals surface area contributed by atoms with E-state index in [4.69, 9.17) is 4.74 Å². The zero-order valence-corrected chi connectivity index (χ0v) is 16.0. The predicted molar refractivity (Wildman–Crippen MR) is 109 cm³/mol. The Balaban J connectivity index is 1.32. The Hall–Kier alpha value is -2.33. The van der Waals surface area contributed by atoms with E-state index in [1.165, 1.54) is 37.9 Å². The smallest absolute Gasteiger partial charge is 0.251 e. The number of piperidine rings is 1. The third-order valence-corrected chi connectivity index (χ3v) is 4.94. The quantitative estimate of drug-likeness (QED) is 0.674. The fraction of sp³-hybridized carbons (Fsp3) is 0.435. The Morgan fingerprint density at radius 2 is 1.67 bits per heavy atom. The summed E-state index contributed by atoms with van der Waals surface area (Å²) in [7, 11) is 0. The number of benzene rings is 2. The number of hydrogen-bond donors (Lipinski definition) is 1. The summed E-state index contributed by atoms with van der Waals surface area (Å²) in [6.45, 7) is 4.72. The fourth-order valence-corrected chi connectivity index (χ4v) is 3.38. The molecular weight excluding hydrogens is 336 g/mol. The lowest BCUT2D eigenvalue weighted by Gasteiger charge is -2.26. The first-order chi connectivity index (χ1) is 13.3. The van der Waals surface area contributed by atoms with Crippen LogP contribution in [0, 0.1) is 0 Å². The molecule has 1 aliphatic rings. The highest BCUT2D eigenvalue weighted by atomic mass is 16.5. The summed E-state index contributed by atoms with van der Waals surface area (Å²) in [5.41, 5.74) is 2.02. The van der Waals surface area contributed by atoms with Gasteiger partial charge in [-0.1, -0.05) is 36.8 Å². The Bertz CT molecular complexity index is 679. The number of unbranched alkanes of at least 4 members (excludes halogenated alkanes) is 1. The summed E-state index contributed by atoms with van der Waals surface area (Å²) in [6, 6.07) is 17.9. The molecule has 1 amide bonds. The first kappa shape index (κ1) is 19.4. The van der Waals surface area contributed by atoms with Crippen molar-refractivity contribution < 1.29 is 9.53 Å². The molecule has 27 heavy (non-hydrogen) atoms. The molecule has 0 bridgehead atoms. The molecule has 1 saturated heterocycles. The summed E-state index contributed by atoms with van der Waals surface area (Å²) in [4.78, 5) is 14.7. The standard InChI is InChI=1S/C23H30N2O2/c26-23(24-15-5-8-18-27-22-9-3-1-4-10-22)21-13-11-20(12-14-21)19-25-16-6-2-7-17-25/h1,3-4,9-14H,2,5-8,15-19H2,(H,24,26). The van der Waals surface area contributed by atoms with E-state index in [0.29, 0.717) is 13.2 Å². The highest BCUT2D eigenvalue weighted by Gasteiger charge is 2.11. The van der Waals surface area contributed by atoms with Gasteiger partial charge in [0.05, 0.1) is 6.61 Å². The summed E-state index contributed by atoms with van der Waals surface area (Å²) >= 11 is 0. The van der Waals surface area contributed by atoms with Gasteiger partial charge in [0.1, 0.15) is 5.75 Å². The van der Waals surface area contributed by atoms with E-state index in [0.717, 1.165) is 30.7 Å². The summed E-state index contributed by atoms with van der Waals surface area (Å²) in [5, 5.41) is 2.99. The molecular formula is C23H30N2O2. The molecule has 4 heteroatoms. The molecule has 3 rings (SSSR count). The number of carbonyl (C=O) groups excluding carboxylic acids is 1. The zero-order chi connectivity index (χ0) is 18.7. The van der Waals surface area contributed by atoms with Gasteiger partial charge in [0.2, 0.25) is 0 Å². The van der Waals surface area contributed by atoms with Crippen molar-refractivity contribution in [3.63, 3.8) is 0 Å². The lowest BCUT2D eigenvalue weighted by Crippen LogP contribution is -2.29. The van der Waals surface area contributed by atoms with Crippen LogP contribution in [-0.2, 0) is 6.54 Å². The van der Waals surface area contributed by atoms with Crippen LogP contribution in [-0.4, -0.2) is 37.0 Å². The van der Waals surface area contributed by atoms with Crippen LogP contribution in [0.4, 0.5) is 0 Å². The minimum absolute atomic E-state index is 0.00324. The SMILES string of the molecule is O=C(NCCCCOc1ccccc1)c1ccc(CN2CCCCC2)cc1. The van der Waals surface area contributed by atoms with E-state index >= 15 is 0 Å². The molecule has 0 aliphatic carbocycles. The molecule has 0 aromatic heterocycles. The average molecular weight is 367 g/mol. The van der Waals surface area contributed by atoms with Crippen molar-refractivity contribution in [3.05, 3.63) is 65.7 Å². The van der Waals surface area contributed by atoms with Crippen molar-refractivity contribution in [1.29, 1.82) is 0 Å². The maximum absolute atomic E-state index is 12.2. The molecule has 1 N–H and O–H groups in total. The van der Waals surface area contributed by atoms with Crippen LogP contribution in [0.15, 0.2) is 54.6 Å². The summed E-state index contributed by atoms with van der Waals surface area (Å²) in [5.74, 6) is 0.898. The number of ether oxygens (including phenoxy) is 1. The molecule has 1 aliphatic heterocycles. The third kappa shape index (κ3) is 6.72. The number of para-hydroxylation sites is 1. The minimum Gasteiger partial charge on any atom is -0.494 e. The number of nitrogens with zero attached hydrogens (tertiary/aromatic N) is 1. The van der Waals surface area contributed by atoms with Gasteiger partial charge in [-0.15, -0.1) is 0 Å². The first-order valence-electron chi connectivity index (χ1n) is 10.1. The highest BCUT2D eigenvalue weighted by Crippen LogP contribution is 2.14. The Kier molecular flexibility index (Phi) is 7.72. The second-order valence-corrected chi connectivity index (χ2v) is 7.16. The Labute approximate surface area is 162 Å². The Morgan fingerprint density at radius 1 is 0.926 bits per heavy atom.